The molecule has 0 saturated carbocycles. The van der Waals surface area contributed by atoms with Crippen LogP contribution in [-0.2, 0) is 0 Å². The maximum absolute atomic E-state index is 12.7. The van der Waals surface area contributed by atoms with Gasteiger partial charge in [0.15, 0.2) is 0 Å². The van der Waals surface area contributed by atoms with E-state index in [1.807, 2.05) is 18.2 Å². The summed E-state index contributed by atoms with van der Waals surface area (Å²) in [5, 5.41) is 0. The number of rotatable bonds is 2. The Morgan fingerprint density at radius 1 is 1.07 bits per heavy atom. The van der Waals surface area contributed by atoms with Crippen molar-refractivity contribution in [2.75, 3.05) is 0 Å². The monoisotopic (exact) mass is 202 g/mol. The number of nitrogens with two attached hydrogens (primary N) is 1. The second kappa shape index (κ2) is 4.19. The molecule has 0 bridgehead atoms. The van der Waals surface area contributed by atoms with Crippen LogP contribution in [0.15, 0.2) is 48.7 Å². The summed E-state index contributed by atoms with van der Waals surface area (Å²) in [7, 11) is 0. The van der Waals surface area contributed by atoms with E-state index in [9.17, 15) is 4.39 Å². The summed E-state index contributed by atoms with van der Waals surface area (Å²) in [4.78, 5) is 4.16. The zero-order valence-corrected chi connectivity index (χ0v) is 8.10. The van der Waals surface area contributed by atoms with Gasteiger partial charge in [0.1, 0.15) is 5.82 Å². The van der Waals surface area contributed by atoms with E-state index in [0.717, 1.165) is 11.3 Å². The largest absolute Gasteiger partial charge is 0.319 e. The van der Waals surface area contributed by atoms with Gasteiger partial charge in [0.2, 0.25) is 0 Å². The van der Waals surface area contributed by atoms with Crippen molar-refractivity contribution >= 4 is 0 Å². The Bertz CT molecular complexity index is 425. The molecule has 0 radical (unpaired) electrons. The van der Waals surface area contributed by atoms with Crippen LogP contribution in [-0.4, -0.2) is 4.98 Å². The lowest BCUT2D eigenvalue weighted by Crippen LogP contribution is -2.13. The topological polar surface area (TPSA) is 38.9 Å². The van der Waals surface area contributed by atoms with E-state index in [1.165, 1.54) is 12.1 Å². The minimum Gasteiger partial charge on any atom is -0.319 e. The number of nitrogens with zero attached hydrogens (tertiary/aromatic N) is 1. The summed E-state index contributed by atoms with van der Waals surface area (Å²) in [6.45, 7) is 0. The molecule has 0 aliphatic carbocycles. The molecule has 0 unspecified atom stereocenters. The van der Waals surface area contributed by atoms with Crippen LogP contribution < -0.4 is 5.73 Å². The van der Waals surface area contributed by atoms with Crippen molar-refractivity contribution in [2.24, 2.45) is 5.73 Å². The molecule has 2 N–H and O–H groups in total. The Labute approximate surface area is 87.6 Å². The Morgan fingerprint density at radius 2 is 1.80 bits per heavy atom. The number of pyridine rings is 1. The van der Waals surface area contributed by atoms with Crippen LogP contribution >= 0.6 is 0 Å². The second-order valence-corrected chi connectivity index (χ2v) is 3.28. The molecule has 15 heavy (non-hydrogen) atoms. The Kier molecular flexibility index (Phi) is 2.74. The summed E-state index contributed by atoms with van der Waals surface area (Å²) >= 11 is 0. The lowest BCUT2D eigenvalue weighted by molar-refractivity contribution is 0.626. The average molecular weight is 202 g/mol. The molecule has 0 aliphatic rings. The molecule has 76 valence electrons. The highest BCUT2D eigenvalue weighted by Crippen LogP contribution is 2.17. The van der Waals surface area contributed by atoms with Gasteiger partial charge in [-0.3, -0.25) is 4.98 Å². The van der Waals surface area contributed by atoms with Gasteiger partial charge in [-0.1, -0.05) is 18.2 Å². The number of aromatic nitrogens is 1. The predicted molar refractivity (Wildman–Crippen MR) is 56.7 cm³/mol. The fraction of sp³-hybridized carbons (Fsp3) is 0.0833. The summed E-state index contributed by atoms with van der Waals surface area (Å²) in [6, 6.07) is 11.4. The van der Waals surface area contributed by atoms with Crippen LogP contribution in [0.5, 0.6) is 0 Å². The van der Waals surface area contributed by atoms with E-state index < -0.39 is 0 Å². The van der Waals surface area contributed by atoms with Crippen LogP contribution in [0.3, 0.4) is 0 Å². The van der Waals surface area contributed by atoms with Crippen LogP contribution in [0.2, 0.25) is 0 Å². The highest BCUT2D eigenvalue weighted by atomic mass is 19.1. The van der Waals surface area contributed by atoms with Crippen LogP contribution in [0, 0.1) is 5.82 Å². The molecule has 0 amide bonds. The quantitative estimate of drug-likeness (QED) is 0.811. The van der Waals surface area contributed by atoms with Crippen LogP contribution in [0.1, 0.15) is 17.3 Å². The average Bonchev–Trinajstić information content (AvgIpc) is 2.30. The summed E-state index contributed by atoms with van der Waals surface area (Å²) in [6.07, 6.45) is 1.69. The third-order valence-electron chi connectivity index (χ3n) is 2.24. The minimum absolute atomic E-state index is 0.257. The highest BCUT2D eigenvalue weighted by Gasteiger charge is 2.08. The molecule has 1 aromatic carbocycles. The first-order valence-corrected chi connectivity index (χ1v) is 4.69. The van der Waals surface area contributed by atoms with Gasteiger partial charge in [0.25, 0.3) is 0 Å². The zero-order valence-electron chi connectivity index (χ0n) is 8.10. The van der Waals surface area contributed by atoms with Gasteiger partial charge in [-0.25, -0.2) is 4.39 Å². The molecule has 2 rings (SSSR count). The highest BCUT2D eigenvalue weighted by molar-refractivity contribution is 5.27. The lowest BCUT2D eigenvalue weighted by atomic mass is 10.0. The van der Waals surface area contributed by atoms with Crippen molar-refractivity contribution in [3.8, 4) is 0 Å². The van der Waals surface area contributed by atoms with E-state index >= 15 is 0 Å². The first-order chi connectivity index (χ1) is 7.27. The summed E-state index contributed by atoms with van der Waals surface area (Å²) in [5.41, 5.74) is 7.62. The minimum atomic E-state index is -0.299. The van der Waals surface area contributed by atoms with Crippen molar-refractivity contribution in [1.82, 2.24) is 4.98 Å². The predicted octanol–water partition coefficient (Wildman–Crippen LogP) is 2.27. The maximum Gasteiger partial charge on any atom is 0.123 e. The Hall–Kier alpha value is -1.74. The zero-order chi connectivity index (χ0) is 10.7. The van der Waals surface area contributed by atoms with E-state index in [4.69, 9.17) is 5.73 Å². The first kappa shape index (κ1) is 9.80. The molecule has 0 aliphatic heterocycles. The molecule has 2 nitrogen and oxygen atoms in total. The normalized spacial score (nSPS) is 12.4. The van der Waals surface area contributed by atoms with Crippen LogP contribution in [0.25, 0.3) is 0 Å². The van der Waals surface area contributed by atoms with Gasteiger partial charge < -0.3 is 5.73 Å². The van der Waals surface area contributed by atoms with Crippen LogP contribution in [0.4, 0.5) is 4.39 Å². The van der Waals surface area contributed by atoms with Gasteiger partial charge >= 0.3 is 0 Å². The third kappa shape index (κ3) is 2.19. The maximum atomic E-state index is 12.7. The van der Waals surface area contributed by atoms with Gasteiger partial charge in [-0.2, -0.15) is 0 Å². The molecular formula is C12H11FN2. The molecule has 0 spiro atoms. The van der Waals surface area contributed by atoms with Crippen molar-refractivity contribution < 1.29 is 4.39 Å². The van der Waals surface area contributed by atoms with E-state index in [2.05, 4.69) is 4.98 Å². The molecule has 3 heteroatoms. The standard InChI is InChI=1S/C12H11FN2/c13-10-6-4-9(5-7-10)12(14)11-3-1-2-8-15-11/h1-8,12H,14H2/t12-/m1/s1. The SMILES string of the molecule is N[C@H](c1ccc(F)cc1)c1ccccn1. The second-order valence-electron chi connectivity index (χ2n) is 3.28. The summed E-state index contributed by atoms with van der Waals surface area (Å²) < 4.78 is 12.7. The van der Waals surface area contributed by atoms with Crippen molar-refractivity contribution in [3.05, 3.63) is 65.7 Å². The molecule has 0 fully saturated rings. The fourth-order valence-electron chi connectivity index (χ4n) is 1.40. The number of hydrogen-bond acceptors (Lipinski definition) is 2. The fourth-order valence-corrected chi connectivity index (χ4v) is 1.40. The van der Waals surface area contributed by atoms with Gasteiger partial charge in [-0.05, 0) is 29.8 Å². The van der Waals surface area contributed by atoms with E-state index in [0.29, 0.717) is 0 Å². The number of benzene rings is 1. The molecular weight excluding hydrogens is 191 g/mol. The third-order valence-corrected chi connectivity index (χ3v) is 2.24. The van der Waals surface area contributed by atoms with Gasteiger partial charge in [0.05, 0.1) is 11.7 Å². The molecule has 1 heterocycles. The van der Waals surface area contributed by atoms with E-state index in [1.54, 1.807) is 18.3 Å². The van der Waals surface area contributed by atoms with Gasteiger partial charge in [0, 0.05) is 6.20 Å². The Morgan fingerprint density at radius 3 is 2.40 bits per heavy atom. The first-order valence-electron chi connectivity index (χ1n) is 4.69. The number of hydrogen-bond donors (Lipinski definition) is 1. The van der Waals surface area contributed by atoms with Crippen molar-refractivity contribution in [1.29, 1.82) is 0 Å². The molecule has 2 aromatic rings. The molecule has 1 aromatic heterocycles. The number of halogens is 1. The smallest absolute Gasteiger partial charge is 0.123 e. The van der Waals surface area contributed by atoms with Crippen molar-refractivity contribution in [2.45, 2.75) is 6.04 Å². The molecule has 0 saturated heterocycles. The van der Waals surface area contributed by atoms with E-state index in [-0.39, 0.29) is 11.9 Å². The lowest BCUT2D eigenvalue weighted by Gasteiger charge is -2.10. The van der Waals surface area contributed by atoms with Gasteiger partial charge in [-0.15, -0.1) is 0 Å². The summed E-state index contributed by atoms with van der Waals surface area (Å²) in [5.74, 6) is -0.257. The molecule has 1 atom stereocenters. The Balaban J connectivity index is 2.29. The van der Waals surface area contributed by atoms with Crippen molar-refractivity contribution in [3.63, 3.8) is 0 Å².